The monoisotopic (exact) mass is 764 g/mol. The molecule has 304 valence electrons. The van der Waals surface area contributed by atoms with Crippen LogP contribution in [0.1, 0.15) is 142 Å². The maximum Gasteiger partial charge on any atom is 0.472 e. The molecule has 0 fully saturated rings. The number of phosphoric acid groups is 1. The molecular formula is C43H74NO8P. The summed E-state index contributed by atoms with van der Waals surface area (Å²) in [4.78, 5) is 22.4. The van der Waals surface area contributed by atoms with Crippen molar-refractivity contribution in [2.75, 3.05) is 26.4 Å². The fourth-order valence-electron chi connectivity index (χ4n) is 5.01. The number of aliphatic hydroxyl groups excluding tert-OH is 1. The minimum absolute atomic E-state index is 0.0365. The van der Waals surface area contributed by atoms with Crippen LogP contribution in [0.2, 0.25) is 0 Å². The number of hydrogen-bond donors (Lipinski definition) is 3. The standard InChI is InChI=1S/C43H74NO8P/c1-3-5-7-9-11-13-15-17-19-21-23-25-27-32-37-49-39-42(40-51-53(47,48)50-38-36-44)52-43(46)35-31-28-30-34-41(45)33-29-26-24-22-20-18-16-14-12-10-8-6-4-2/h6,8,12,14,18,20,24,26,28-30,32-33,37,41-42,45H,3-5,7,9-11,13,15-17,19,21-23,25,27,31,34-36,38-40,44H2,1-2H3,(H,47,48)/b8-6-,14-12-,20-18-,26-24-,30-28-,33-29+,37-32-. The molecule has 0 bridgehead atoms. The molecule has 0 saturated heterocycles. The van der Waals surface area contributed by atoms with Crippen molar-refractivity contribution in [1.82, 2.24) is 0 Å². The van der Waals surface area contributed by atoms with E-state index in [0.29, 0.717) is 12.8 Å². The molecule has 0 saturated carbocycles. The van der Waals surface area contributed by atoms with Gasteiger partial charge in [0.2, 0.25) is 0 Å². The Bertz CT molecular complexity index is 1100. The molecule has 0 radical (unpaired) electrons. The number of esters is 1. The van der Waals surface area contributed by atoms with Crippen molar-refractivity contribution in [1.29, 1.82) is 0 Å². The summed E-state index contributed by atoms with van der Waals surface area (Å²) in [6.45, 7) is 3.89. The minimum atomic E-state index is -4.34. The molecule has 0 amide bonds. The molecule has 0 aromatic carbocycles. The van der Waals surface area contributed by atoms with Crippen molar-refractivity contribution in [2.45, 2.75) is 154 Å². The first-order valence-corrected chi connectivity index (χ1v) is 21.7. The van der Waals surface area contributed by atoms with E-state index < -0.39 is 26.0 Å². The smallest absolute Gasteiger partial charge is 0.472 e. The van der Waals surface area contributed by atoms with E-state index in [1.165, 1.54) is 70.6 Å². The number of rotatable bonds is 37. The van der Waals surface area contributed by atoms with Crippen LogP contribution in [0.15, 0.2) is 85.3 Å². The summed E-state index contributed by atoms with van der Waals surface area (Å²) in [6.07, 6.45) is 47.2. The van der Waals surface area contributed by atoms with Crippen LogP contribution in [0.25, 0.3) is 0 Å². The molecule has 0 heterocycles. The van der Waals surface area contributed by atoms with Crippen LogP contribution < -0.4 is 5.73 Å². The summed E-state index contributed by atoms with van der Waals surface area (Å²) in [6, 6.07) is 0. The number of unbranched alkanes of at least 4 members (excludes halogenated alkanes) is 12. The van der Waals surface area contributed by atoms with Gasteiger partial charge in [0.1, 0.15) is 6.61 Å². The average molecular weight is 764 g/mol. The van der Waals surface area contributed by atoms with Crippen molar-refractivity contribution >= 4 is 13.8 Å². The SMILES string of the molecule is CC/C=C\C/C=C\C/C=C\C/C=C\C=C\C(O)C/C=C\CCC(=O)OC(CO/C=C\CCCCCCCCCCCCCC)COP(=O)(O)OCCN. The van der Waals surface area contributed by atoms with E-state index in [4.69, 9.17) is 24.3 Å². The topological polar surface area (TPSA) is 138 Å². The molecule has 4 N–H and O–H groups in total. The Kier molecular flexibility index (Phi) is 37.3. The first-order valence-electron chi connectivity index (χ1n) is 20.2. The summed E-state index contributed by atoms with van der Waals surface area (Å²) >= 11 is 0. The van der Waals surface area contributed by atoms with Crippen molar-refractivity contribution in [3.63, 3.8) is 0 Å². The van der Waals surface area contributed by atoms with Gasteiger partial charge in [-0.2, -0.15) is 0 Å². The van der Waals surface area contributed by atoms with Crippen LogP contribution in [-0.2, 0) is 27.9 Å². The Labute approximate surface area is 322 Å². The average Bonchev–Trinajstić information content (AvgIpc) is 3.14. The fraction of sp³-hybridized carbons (Fsp3) is 0.651. The zero-order valence-corrected chi connectivity index (χ0v) is 34.0. The zero-order chi connectivity index (χ0) is 38.9. The summed E-state index contributed by atoms with van der Waals surface area (Å²) in [5.74, 6) is -0.497. The summed E-state index contributed by atoms with van der Waals surface area (Å²) in [5, 5.41) is 10.2. The van der Waals surface area contributed by atoms with E-state index in [1.807, 2.05) is 36.5 Å². The van der Waals surface area contributed by atoms with Gasteiger partial charge in [-0.15, -0.1) is 0 Å². The number of phosphoric ester groups is 1. The Morgan fingerprint density at radius 2 is 1.30 bits per heavy atom. The third-order valence-corrected chi connectivity index (χ3v) is 8.97. The number of hydrogen-bond acceptors (Lipinski definition) is 8. The van der Waals surface area contributed by atoms with Gasteiger partial charge >= 0.3 is 13.8 Å². The van der Waals surface area contributed by atoms with Crippen LogP contribution in [0.3, 0.4) is 0 Å². The lowest BCUT2D eigenvalue weighted by molar-refractivity contribution is -0.153. The highest BCUT2D eigenvalue weighted by molar-refractivity contribution is 7.47. The van der Waals surface area contributed by atoms with Crippen LogP contribution >= 0.6 is 7.82 Å². The first-order chi connectivity index (χ1) is 25.8. The molecule has 0 aromatic heterocycles. The number of nitrogens with two attached hydrogens (primary N) is 1. The van der Waals surface area contributed by atoms with E-state index in [9.17, 15) is 19.4 Å². The zero-order valence-electron chi connectivity index (χ0n) is 33.1. The highest BCUT2D eigenvalue weighted by atomic mass is 31.2. The van der Waals surface area contributed by atoms with Crippen molar-refractivity contribution in [2.24, 2.45) is 5.73 Å². The second-order valence-corrected chi connectivity index (χ2v) is 14.5. The highest BCUT2D eigenvalue weighted by Crippen LogP contribution is 2.43. The fourth-order valence-corrected chi connectivity index (χ4v) is 5.78. The van der Waals surface area contributed by atoms with Gasteiger partial charge in [0.15, 0.2) is 6.10 Å². The second-order valence-electron chi connectivity index (χ2n) is 13.0. The third-order valence-electron chi connectivity index (χ3n) is 7.98. The molecule has 0 rings (SSSR count). The van der Waals surface area contributed by atoms with E-state index in [0.717, 1.165) is 38.5 Å². The van der Waals surface area contributed by atoms with E-state index in [-0.39, 0.29) is 32.8 Å². The number of ether oxygens (including phenoxy) is 2. The quantitative estimate of drug-likeness (QED) is 0.0141. The molecule has 3 unspecified atom stereocenters. The van der Waals surface area contributed by atoms with Gasteiger partial charge in [-0.1, -0.05) is 157 Å². The molecule has 0 spiro atoms. The summed E-state index contributed by atoms with van der Waals surface area (Å²) in [5.41, 5.74) is 5.34. The third kappa shape index (κ3) is 39.0. The van der Waals surface area contributed by atoms with Crippen LogP contribution in [0.5, 0.6) is 0 Å². The molecule has 0 aromatic rings. The minimum Gasteiger partial charge on any atom is -0.498 e. The number of carbonyl (C=O) groups is 1. The summed E-state index contributed by atoms with van der Waals surface area (Å²) in [7, 11) is -4.34. The normalized spacial score (nSPS) is 15.0. The number of allylic oxidation sites excluding steroid dienone is 11. The largest absolute Gasteiger partial charge is 0.498 e. The Morgan fingerprint density at radius 1 is 0.698 bits per heavy atom. The van der Waals surface area contributed by atoms with E-state index >= 15 is 0 Å². The van der Waals surface area contributed by atoms with Crippen molar-refractivity contribution in [3.8, 4) is 0 Å². The molecule has 3 atom stereocenters. The molecule has 0 aliphatic carbocycles. The van der Waals surface area contributed by atoms with Crippen molar-refractivity contribution < 1.29 is 37.9 Å². The lowest BCUT2D eigenvalue weighted by Crippen LogP contribution is -2.27. The Hall–Kier alpha value is -2.52. The second kappa shape index (κ2) is 39.2. The van der Waals surface area contributed by atoms with Crippen LogP contribution in [-0.4, -0.2) is 54.5 Å². The van der Waals surface area contributed by atoms with Gasteiger partial charge in [0.05, 0.1) is 25.6 Å². The highest BCUT2D eigenvalue weighted by Gasteiger charge is 2.25. The van der Waals surface area contributed by atoms with E-state index in [2.05, 4.69) is 50.3 Å². The molecule has 53 heavy (non-hydrogen) atoms. The molecule has 9 nitrogen and oxygen atoms in total. The number of aliphatic hydroxyl groups is 1. The maximum atomic E-state index is 12.5. The van der Waals surface area contributed by atoms with Gasteiger partial charge in [-0.25, -0.2) is 4.57 Å². The first kappa shape index (κ1) is 50.5. The summed E-state index contributed by atoms with van der Waals surface area (Å²) < 4.78 is 32.9. The van der Waals surface area contributed by atoms with Crippen molar-refractivity contribution in [3.05, 3.63) is 85.3 Å². The maximum absolute atomic E-state index is 12.5. The van der Waals surface area contributed by atoms with Crippen LogP contribution in [0, 0.1) is 0 Å². The van der Waals surface area contributed by atoms with E-state index in [1.54, 1.807) is 12.3 Å². The van der Waals surface area contributed by atoms with Gasteiger partial charge in [-0.3, -0.25) is 13.8 Å². The lowest BCUT2D eigenvalue weighted by Gasteiger charge is -2.19. The Balaban J connectivity index is 4.38. The lowest BCUT2D eigenvalue weighted by atomic mass is 10.0. The predicted molar refractivity (Wildman–Crippen MR) is 220 cm³/mol. The molecule has 0 aliphatic heterocycles. The van der Waals surface area contributed by atoms with Gasteiger partial charge in [0, 0.05) is 13.0 Å². The number of carbonyl (C=O) groups excluding carboxylic acids is 1. The molecule has 0 aliphatic rings. The molecular weight excluding hydrogens is 689 g/mol. The van der Waals surface area contributed by atoms with Gasteiger partial charge in [0.25, 0.3) is 0 Å². The van der Waals surface area contributed by atoms with Gasteiger partial charge < -0.3 is 25.2 Å². The van der Waals surface area contributed by atoms with Gasteiger partial charge in [-0.05, 0) is 57.4 Å². The predicted octanol–water partition coefficient (Wildman–Crippen LogP) is 11.1. The Morgan fingerprint density at radius 3 is 1.92 bits per heavy atom. The molecule has 10 heteroatoms. The van der Waals surface area contributed by atoms with Crippen LogP contribution in [0.4, 0.5) is 0 Å².